The number of nitrogens with zero attached hydrogens (tertiary/aromatic N) is 2. The lowest BCUT2D eigenvalue weighted by molar-refractivity contribution is -0.137. The third kappa shape index (κ3) is 3.17. The van der Waals surface area contributed by atoms with Crippen molar-refractivity contribution >= 4 is 5.91 Å². The van der Waals surface area contributed by atoms with Crippen molar-refractivity contribution < 1.29 is 14.6 Å². The Bertz CT molecular complexity index is 241. The molecule has 92 valence electrons. The molecule has 0 spiro atoms. The number of amides is 1. The molecular formula is C11H20N2O3. The predicted molar refractivity (Wildman–Crippen MR) is 59.1 cm³/mol. The van der Waals surface area contributed by atoms with Crippen LogP contribution in [0.15, 0.2) is 0 Å². The molecule has 1 unspecified atom stereocenters. The first-order chi connectivity index (χ1) is 7.75. The molecule has 1 amide bonds. The summed E-state index contributed by atoms with van der Waals surface area (Å²) in [4.78, 5) is 15.7. The van der Waals surface area contributed by atoms with Crippen LogP contribution >= 0.6 is 0 Å². The van der Waals surface area contributed by atoms with Gasteiger partial charge in [0.15, 0.2) is 0 Å². The van der Waals surface area contributed by atoms with Crippen molar-refractivity contribution in [3.05, 3.63) is 0 Å². The van der Waals surface area contributed by atoms with Crippen LogP contribution in [0, 0.1) is 0 Å². The minimum atomic E-state index is -0.331. The topological polar surface area (TPSA) is 53.0 Å². The van der Waals surface area contributed by atoms with Gasteiger partial charge in [0.05, 0.1) is 19.3 Å². The van der Waals surface area contributed by atoms with E-state index in [1.165, 1.54) is 0 Å². The second-order valence-corrected chi connectivity index (χ2v) is 4.49. The smallest absolute Gasteiger partial charge is 0.222 e. The summed E-state index contributed by atoms with van der Waals surface area (Å²) in [7, 11) is 0. The molecule has 0 aromatic heterocycles. The Balaban J connectivity index is 1.73. The van der Waals surface area contributed by atoms with Crippen LogP contribution in [0.2, 0.25) is 0 Å². The molecule has 0 bridgehead atoms. The molecule has 0 radical (unpaired) electrons. The van der Waals surface area contributed by atoms with Crippen molar-refractivity contribution in [2.24, 2.45) is 0 Å². The van der Waals surface area contributed by atoms with E-state index in [-0.39, 0.29) is 12.0 Å². The fraction of sp³-hybridized carbons (Fsp3) is 0.909. The zero-order valence-electron chi connectivity index (χ0n) is 9.60. The van der Waals surface area contributed by atoms with Gasteiger partial charge in [-0.15, -0.1) is 0 Å². The number of hydrogen-bond donors (Lipinski definition) is 1. The summed E-state index contributed by atoms with van der Waals surface area (Å²) in [5, 5.41) is 9.51. The van der Waals surface area contributed by atoms with E-state index in [0.717, 1.165) is 39.4 Å². The molecule has 0 aromatic carbocycles. The van der Waals surface area contributed by atoms with E-state index in [1.54, 1.807) is 4.90 Å². The number of hydrogen-bond acceptors (Lipinski definition) is 4. The standard InChI is InChI=1S/C11H20N2O3/c14-10-1-2-11(15)13(9-10)4-3-12-5-7-16-8-6-12/h10,14H,1-9H2. The molecule has 2 aliphatic heterocycles. The quantitative estimate of drug-likeness (QED) is 0.694. The van der Waals surface area contributed by atoms with Gasteiger partial charge >= 0.3 is 0 Å². The van der Waals surface area contributed by atoms with Gasteiger partial charge in [-0.2, -0.15) is 0 Å². The molecule has 2 rings (SSSR count). The average Bonchev–Trinajstić information content (AvgIpc) is 2.32. The minimum Gasteiger partial charge on any atom is -0.391 e. The van der Waals surface area contributed by atoms with Gasteiger partial charge in [0, 0.05) is 39.1 Å². The van der Waals surface area contributed by atoms with Crippen LogP contribution in [0.5, 0.6) is 0 Å². The van der Waals surface area contributed by atoms with Crippen LogP contribution < -0.4 is 0 Å². The lowest BCUT2D eigenvalue weighted by Crippen LogP contribution is -2.47. The molecule has 2 fully saturated rings. The summed E-state index contributed by atoms with van der Waals surface area (Å²) in [6.07, 6.45) is 0.777. The van der Waals surface area contributed by atoms with Crippen molar-refractivity contribution in [2.45, 2.75) is 18.9 Å². The molecule has 0 aliphatic carbocycles. The fourth-order valence-corrected chi connectivity index (χ4v) is 2.20. The molecule has 1 N–H and O–H groups in total. The summed E-state index contributed by atoms with van der Waals surface area (Å²) in [6.45, 7) is 5.60. The van der Waals surface area contributed by atoms with Gasteiger partial charge in [-0.25, -0.2) is 0 Å². The number of rotatable bonds is 3. The molecule has 0 aromatic rings. The summed E-state index contributed by atoms with van der Waals surface area (Å²) >= 11 is 0. The monoisotopic (exact) mass is 228 g/mol. The Hall–Kier alpha value is -0.650. The number of ether oxygens (including phenoxy) is 1. The van der Waals surface area contributed by atoms with Crippen LogP contribution in [0.25, 0.3) is 0 Å². The molecule has 5 nitrogen and oxygen atoms in total. The highest BCUT2D eigenvalue weighted by Crippen LogP contribution is 2.11. The maximum atomic E-state index is 11.6. The average molecular weight is 228 g/mol. The molecule has 16 heavy (non-hydrogen) atoms. The van der Waals surface area contributed by atoms with Gasteiger partial charge in [-0.3, -0.25) is 9.69 Å². The van der Waals surface area contributed by atoms with Crippen molar-refractivity contribution in [1.82, 2.24) is 9.80 Å². The maximum Gasteiger partial charge on any atom is 0.222 e. The molecule has 5 heteroatoms. The molecule has 2 heterocycles. The van der Waals surface area contributed by atoms with Gasteiger partial charge in [0.1, 0.15) is 0 Å². The van der Waals surface area contributed by atoms with E-state index in [1.807, 2.05) is 0 Å². The van der Waals surface area contributed by atoms with Crippen molar-refractivity contribution in [3.8, 4) is 0 Å². The van der Waals surface area contributed by atoms with Crippen molar-refractivity contribution in [1.29, 1.82) is 0 Å². The largest absolute Gasteiger partial charge is 0.391 e. The first-order valence-electron chi connectivity index (χ1n) is 6.01. The summed E-state index contributed by atoms with van der Waals surface area (Å²) in [6, 6.07) is 0. The zero-order valence-corrected chi connectivity index (χ0v) is 9.60. The summed E-state index contributed by atoms with van der Waals surface area (Å²) < 4.78 is 5.27. The Labute approximate surface area is 96.0 Å². The Morgan fingerprint density at radius 1 is 1.31 bits per heavy atom. The first kappa shape index (κ1) is 11.8. The normalized spacial score (nSPS) is 28.4. The van der Waals surface area contributed by atoms with Gasteiger partial charge in [0.2, 0.25) is 5.91 Å². The number of β-amino-alcohol motifs (C(OH)–C–C–N with tert-alkyl or cyclic N) is 1. The maximum absolute atomic E-state index is 11.6. The molecule has 2 saturated heterocycles. The number of likely N-dealkylation sites (tertiary alicyclic amines) is 1. The Morgan fingerprint density at radius 2 is 2.06 bits per heavy atom. The van der Waals surface area contributed by atoms with Gasteiger partial charge in [-0.1, -0.05) is 0 Å². The number of aliphatic hydroxyl groups is 1. The van der Waals surface area contributed by atoms with Crippen molar-refractivity contribution in [2.75, 3.05) is 45.9 Å². The van der Waals surface area contributed by atoms with E-state index < -0.39 is 0 Å². The summed E-state index contributed by atoms with van der Waals surface area (Å²) in [5.41, 5.74) is 0. The third-order valence-electron chi connectivity index (χ3n) is 3.27. The van der Waals surface area contributed by atoms with Crippen LogP contribution in [0.1, 0.15) is 12.8 Å². The number of piperidine rings is 1. The predicted octanol–water partition coefficient (Wildman–Crippen LogP) is -0.698. The van der Waals surface area contributed by atoms with Crippen molar-refractivity contribution in [3.63, 3.8) is 0 Å². The molecule has 2 aliphatic rings. The van der Waals surface area contributed by atoms with Crippen LogP contribution in [-0.2, 0) is 9.53 Å². The number of aliphatic hydroxyl groups excluding tert-OH is 1. The highest BCUT2D eigenvalue weighted by atomic mass is 16.5. The highest BCUT2D eigenvalue weighted by Gasteiger charge is 2.24. The van der Waals surface area contributed by atoms with E-state index in [2.05, 4.69) is 4.90 Å². The lowest BCUT2D eigenvalue weighted by atomic mass is 10.1. The van der Waals surface area contributed by atoms with Gasteiger partial charge in [0.25, 0.3) is 0 Å². The minimum absolute atomic E-state index is 0.179. The second-order valence-electron chi connectivity index (χ2n) is 4.49. The van der Waals surface area contributed by atoms with Crippen LogP contribution in [0.3, 0.4) is 0 Å². The third-order valence-corrected chi connectivity index (χ3v) is 3.27. The Kier molecular flexibility index (Phi) is 4.15. The molecule has 0 saturated carbocycles. The van der Waals surface area contributed by atoms with E-state index in [9.17, 15) is 9.90 Å². The fourth-order valence-electron chi connectivity index (χ4n) is 2.20. The Morgan fingerprint density at radius 3 is 2.81 bits per heavy atom. The lowest BCUT2D eigenvalue weighted by Gasteiger charge is -2.33. The van der Waals surface area contributed by atoms with Crippen LogP contribution in [-0.4, -0.2) is 72.9 Å². The molecular weight excluding hydrogens is 208 g/mol. The summed E-state index contributed by atoms with van der Waals surface area (Å²) in [5.74, 6) is 0.179. The SMILES string of the molecule is O=C1CCC(O)CN1CCN1CCOCC1. The zero-order chi connectivity index (χ0) is 11.4. The van der Waals surface area contributed by atoms with Gasteiger partial charge in [-0.05, 0) is 6.42 Å². The number of carbonyl (C=O) groups excluding carboxylic acids is 1. The second kappa shape index (κ2) is 5.61. The van der Waals surface area contributed by atoms with Crippen LogP contribution in [0.4, 0.5) is 0 Å². The number of morpholine rings is 1. The molecule has 1 atom stereocenters. The van der Waals surface area contributed by atoms with E-state index >= 15 is 0 Å². The highest BCUT2D eigenvalue weighted by molar-refractivity contribution is 5.77. The van der Waals surface area contributed by atoms with E-state index in [4.69, 9.17) is 4.74 Å². The number of carbonyl (C=O) groups is 1. The first-order valence-corrected chi connectivity index (χ1v) is 6.01. The van der Waals surface area contributed by atoms with Gasteiger partial charge < -0.3 is 14.7 Å². The van der Waals surface area contributed by atoms with E-state index in [0.29, 0.717) is 19.4 Å².